The van der Waals surface area contributed by atoms with Gasteiger partial charge in [0.05, 0.1) is 19.6 Å². The van der Waals surface area contributed by atoms with Crippen LogP contribution in [-0.4, -0.2) is 13.0 Å². The average molecular weight is 284 g/mol. The van der Waals surface area contributed by atoms with Crippen molar-refractivity contribution < 1.29 is 9.53 Å². The lowest BCUT2D eigenvalue weighted by Crippen LogP contribution is -2.28. The lowest BCUT2D eigenvalue weighted by molar-refractivity contribution is -0.121. The zero-order valence-corrected chi connectivity index (χ0v) is 12.3. The van der Waals surface area contributed by atoms with Gasteiger partial charge in [-0.1, -0.05) is 24.3 Å². The Kier molecular flexibility index (Phi) is 4.82. The highest BCUT2D eigenvalue weighted by Crippen LogP contribution is 2.18. The number of benzene rings is 2. The third kappa shape index (κ3) is 4.24. The van der Waals surface area contributed by atoms with Crippen molar-refractivity contribution in [2.24, 2.45) is 0 Å². The number of nitrogen functional groups attached to an aromatic ring is 1. The molecule has 1 atom stereocenters. The monoisotopic (exact) mass is 284 g/mol. The summed E-state index contributed by atoms with van der Waals surface area (Å²) in [6, 6.07) is 15.0. The van der Waals surface area contributed by atoms with Crippen LogP contribution in [0.5, 0.6) is 5.75 Å². The van der Waals surface area contributed by atoms with E-state index in [0.717, 1.165) is 16.9 Å². The molecule has 0 aliphatic rings. The molecular formula is C17H20N2O2. The van der Waals surface area contributed by atoms with Crippen LogP contribution >= 0.6 is 0 Å². The number of ether oxygens (including phenoxy) is 1. The summed E-state index contributed by atoms with van der Waals surface area (Å²) in [6.45, 7) is 1.95. The molecule has 0 fully saturated rings. The zero-order chi connectivity index (χ0) is 15.2. The minimum absolute atomic E-state index is 0.0184. The highest BCUT2D eigenvalue weighted by Gasteiger charge is 2.10. The van der Waals surface area contributed by atoms with Gasteiger partial charge in [-0.25, -0.2) is 0 Å². The Morgan fingerprint density at radius 1 is 1.24 bits per heavy atom. The first-order chi connectivity index (χ1) is 10.1. The number of carbonyl (C=O) groups is 1. The number of amides is 1. The van der Waals surface area contributed by atoms with Gasteiger partial charge in [-0.2, -0.15) is 0 Å². The van der Waals surface area contributed by atoms with Crippen molar-refractivity contribution in [3.63, 3.8) is 0 Å². The van der Waals surface area contributed by atoms with E-state index in [1.165, 1.54) is 0 Å². The van der Waals surface area contributed by atoms with Gasteiger partial charge in [-0.15, -0.1) is 0 Å². The average Bonchev–Trinajstić information content (AvgIpc) is 2.49. The van der Waals surface area contributed by atoms with E-state index in [-0.39, 0.29) is 11.9 Å². The molecule has 2 rings (SSSR count). The molecule has 0 saturated heterocycles. The van der Waals surface area contributed by atoms with Crippen molar-refractivity contribution in [2.75, 3.05) is 12.8 Å². The second-order valence-electron chi connectivity index (χ2n) is 4.98. The van der Waals surface area contributed by atoms with E-state index in [2.05, 4.69) is 5.32 Å². The van der Waals surface area contributed by atoms with E-state index in [1.54, 1.807) is 19.2 Å². The summed E-state index contributed by atoms with van der Waals surface area (Å²) < 4.78 is 5.19. The van der Waals surface area contributed by atoms with Crippen molar-refractivity contribution >= 4 is 11.6 Å². The minimum atomic E-state index is -0.0682. The molecule has 21 heavy (non-hydrogen) atoms. The summed E-state index contributed by atoms with van der Waals surface area (Å²) in [6.07, 6.45) is 0.342. The first-order valence-corrected chi connectivity index (χ1v) is 6.86. The van der Waals surface area contributed by atoms with E-state index in [1.807, 2.05) is 43.3 Å². The Bertz CT molecular complexity index is 608. The SMILES string of the molecule is COc1cccc(C(C)NC(=O)Cc2ccc(N)cc2)c1. The molecule has 1 amide bonds. The van der Waals surface area contributed by atoms with Gasteiger partial charge >= 0.3 is 0 Å². The molecule has 0 radical (unpaired) electrons. The van der Waals surface area contributed by atoms with E-state index in [9.17, 15) is 4.79 Å². The lowest BCUT2D eigenvalue weighted by Gasteiger charge is -2.15. The topological polar surface area (TPSA) is 64.3 Å². The molecule has 2 aromatic rings. The van der Waals surface area contributed by atoms with E-state index < -0.39 is 0 Å². The van der Waals surface area contributed by atoms with Crippen LogP contribution in [0.2, 0.25) is 0 Å². The molecule has 110 valence electrons. The largest absolute Gasteiger partial charge is 0.497 e. The number of rotatable bonds is 5. The van der Waals surface area contributed by atoms with Crippen LogP contribution in [0.15, 0.2) is 48.5 Å². The molecule has 4 heteroatoms. The van der Waals surface area contributed by atoms with Crippen LogP contribution in [0.1, 0.15) is 24.1 Å². The van der Waals surface area contributed by atoms with Crippen molar-refractivity contribution in [3.05, 3.63) is 59.7 Å². The predicted octanol–water partition coefficient (Wildman–Crippen LogP) is 2.70. The number of anilines is 1. The molecule has 0 aliphatic heterocycles. The number of hydrogen-bond donors (Lipinski definition) is 2. The van der Waals surface area contributed by atoms with Gasteiger partial charge < -0.3 is 15.8 Å². The standard InChI is InChI=1S/C17H20N2O2/c1-12(14-4-3-5-16(11-14)21-2)19-17(20)10-13-6-8-15(18)9-7-13/h3-9,11-12H,10,18H2,1-2H3,(H,19,20). The highest BCUT2D eigenvalue weighted by atomic mass is 16.5. The molecule has 1 unspecified atom stereocenters. The second-order valence-corrected chi connectivity index (χ2v) is 4.98. The Hall–Kier alpha value is -2.49. The third-order valence-corrected chi connectivity index (χ3v) is 3.32. The molecule has 0 heterocycles. The molecular weight excluding hydrogens is 264 g/mol. The number of methoxy groups -OCH3 is 1. The first-order valence-electron chi connectivity index (χ1n) is 6.86. The lowest BCUT2D eigenvalue weighted by atomic mass is 10.1. The molecule has 0 bridgehead atoms. The van der Waals surface area contributed by atoms with Crippen LogP contribution in [0.3, 0.4) is 0 Å². The maximum atomic E-state index is 12.1. The van der Waals surface area contributed by atoms with Crippen molar-refractivity contribution in [3.8, 4) is 5.75 Å². The number of carbonyl (C=O) groups excluding carboxylic acids is 1. The maximum Gasteiger partial charge on any atom is 0.224 e. The van der Waals surface area contributed by atoms with Gasteiger partial charge in [-0.05, 0) is 42.3 Å². The van der Waals surface area contributed by atoms with Crippen molar-refractivity contribution in [1.29, 1.82) is 0 Å². The maximum absolute atomic E-state index is 12.1. The van der Waals surface area contributed by atoms with E-state index in [0.29, 0.717) is 12.1 Å². The summed E-state index contributed by atoms with van der Waals surface area (Å²) in [5.41, 5.74) is 8.29. The smallest absolute Gasteiger partial charge is 0.224 e. The number of nitrogens with two attached hydrogens (primary N) is 1. The zero-order valence-electron chi connectivity index (χ0n) is 12.3. The van der Waals surface area contributed by atoms with Gasteiger partial charge in [0.25, 0.3) is 0 Å². The van der Waals surface area contributed by atoms with Gasteiger partial charge in [0.1, 0.15) is 5.75 Å². The fourth-order valence-electron chi connectivity index (χ4n) is 2.11. The van der Waals surface area contributed by atoms with Gasteiger partial charge in [0.15, 0.2) is 0 Å². The summed E-state index contributed by atoms with van der Waals surface area (Å²) >= 11 is 0. The van der Waals surface area contributed by atoms with E-state index >= 15 is 0 Å². The van der Waals surface area contributed by atoms with Crippen LogP contribution in [-0.2, 0) is 11.2 Å². The highest BCUT2D eigenvalue weighted by molar-refractivity contribution is 5.79. The Morgan fingerprint density at radius 3 is 2.62 bits per heavy atom. The Balaban J connectivity index is 1.96. The Morgan fingerprint density at radius 2 is 1.95 bits per heavy atom. The summed E-state index contributed by atoms with van der Waals surface area (Å²) in [5, 5.41) is 2.98. The molecule has 0 aromatic heterocycles. The molecule has 0 saturated carbocycles. The third-order valence-electron chi connectivity index (χ3n) is 3.32. The normalized spacial score (nSPS) is 11.7. The summed E-state index contributed by atoms with van der Waals surface area (Å²) in [5.74, 6) is 0.766. The van der Waals surface area contributed by atoms with Crippen LogP contribution in [0, 0.1) is 0 Å². The van der Waals surface area contributed by atoms with Crippen LogP contribution in [0.4, 0.5) is 5.69 Å². The number of nitrogens with one attached hydrogen (secondary N) is 1. The minimum Gasteiger partial charge on any atom is -0.497 e. The number of hydrogen-bond acceptors (Lipinski definition) is 3. The fraction of sp³-hybridized carbons (Fsp3) is 0.235. The van der Waals surface area contributed by atoms with Gasteiger partial charge in [0, 0.05) is 5.69 Å². The second kappa shape index (κ2) is 6.79. The quantitative estimate of drug-likeness (QED) is 0.830. The molecule has 0 aliphatic carbocycles. The molecule has 3 N–H and O–H groups in total. The predicted molar refractivity (Wildman–Crippen MR) is 84.1 cm³/mol. The van der Waals surface area contributed by atoms with Crippen molar-refractivity contribution in [1.82, 2.24) is 5.32 Å². The van der Waals surface area contributed by atoms with Crippen molar-refractivity contribution in [2.45, 2.75) is 19.4 Å². The summed E-state index contributed by atoms with van der Waals surface area (Å²) in [4.78, 5) is 12.1. The Labute approximate surface area is 124 Å². The summed E-state index contributed by atoms with van der Waals surface area (Å²) in [7, 11) is 1.63. The van der Waals surface area contributed by atoms with Gasteiger partial charge in [0.2, 0.25) is 5.91 Å². The van der Waals surface area contributed by atoms with E-state index in [4.69, 9.17) is 10.5 Å². The van der Waals surface area contributed by atoms with Gasteiger partial charge in [-0.3, -0.25) is 4.79 Å². The fourth-order valence-corrected chi connectivity index (χ4v) is 2.11. The first kappa shape index (κ1) is 14.9. The molecule has 2 aromatic carbocycles. The molecule has 0 spiro atoms. The van der Waals surface area contributed by atoms with Crippen LogP contribution < -0.4 is 15.8 Å². The molecule has 4 nitrogen and oxygen atoms in total. The van der Waals surface area contributed by atoms with Crippen LogP contribution in [0.25, 0.3) is 0 Å².